The molecule has 3 rings (SSSR count). The van der Waals surface area contributed by atoms with E-state index in [9.17, 15) is 0 Å². The summed E-state index contributed by atoms with van der Waals surface area (Å²) < 4.78 is 16.4. The Balaban J connectivity index is 0.00000192. The van der Waals surface area contributed by atoms with E-state index in [4.69, 9.17) is 19.7 Å². The third-order valence-corrected chi connectivity index (χ3v) is 3.82. The first-order valence-corrected chi connectivity index (χ1v) is 7.67. The van der Waals surface area contributed by atoms with E-state index < -0.39 is 5.54 Å². The summed E-state index contributed by atoms with van der Waals surface area (Å²) in [5.41, 5.74) is 5.76. The van der Waals surface area contributed by atoms with Gasteiger partial charge in [-0.1, -0.05) is 12.1 Å². The van der Waals surface area contributed by atoms with Crippen LogP contribution >= 0.6 is 12.4 Å². The van der Waals surface area contributed by atoms with Gasteiger partial charge in [0.2, 0.25) is 0 Å². The van der Waals surface area contributed by atoms with Crippen molar-refractivity contribution in [2.75, 3.05) is 6.61 Å². The fourth-order valence-corrected chi connectivity index (χ4v) is 2.29. The molecule has 0 saturated heterocycles. The number of hydrogen-bond donors (Lipinski definition) is 1. The Bertz CT molecular complexity index is 611. The van der Waals surface area contributed by atoms with Gasteiger partial charge in [0.25, 0.3) is 5.89 Å². The van der Waals surface area contributed by atoms with Crippen LogP contribution in [-0.2, 0) is 12.1 Å². The van der Waals surface area contributed by atoms with Gasteiger partial charge in [-0.3, -0.25) is 0 Å². The van der Waals surface area contributed by atoms with E-state index in [-0.39, 0.29) is 19.0 Å². The largest absolute Gasteiger partial charge is 0.494 e. The highest BCUT2D eigenvalue weighted by molar-refractivity contribution is 5.85. The van der Waals surface area contributed by atoms with E-state index in [0.717, 1.165) is 37.2 Å². The van der Waals surface area contributed by atoms with E-state index in [1.165, 1.54) is 0 Å². The minimum absolute atomic E-state index is 0. The Hall–Kier alpha value is -1.79. The summed E-state index contributed by atoms with van der Waals surface area (Å²) in [4.78, 5) is 4.32. The van der Waals surface area contributed by atoms with Crippen molar-refractivity contribution in [3.63, 3.8) is 0 Å². The molecule has 2 aromatic rings. The van der Waals surface area contributed by atoms with Gasteiger partial charge in [-0.25, -0.2) is 0 Å². The van der Waals surface area contributed by atoms with Crippen LogP contribution in [-0.4, -0.2) is 16.7 Å². The predicted octanol–water partition coefficient (Wildman–Crippen LogP) is 3.20. The molecule has 2 N–H and O–H groups in total. The summed E-state index contributed by atoms with van der Waals surface area (Å²) in [7, 11) is 0. The van der Waals surface area contributed by atoms with Crippen LogP contribution in [0.2, 0.25) is 0 Å². The van der Waals surface area contributed by atoms with E-state index >= 15 is 0 Å². The molecule has 1 heterocycles. The van der Waals surface area contributed by atoms with Gasteiger partial charge in [-0.05, 0) is 49.9 Å². The SMILES string of the molecule is CCCOc1ccc(OCc2nc(C3(N)CCC3)no2)cc1.Cl. The standard InChI is InChI=1S/C16H21N3O3.ClH/c1-2-10-20-12-4-6-13(7-5-12)21-11-14-18-15(19-22-14)16(17)8-3-9-16;/h4-7H,2-3,8-11,17H2,1H3;1H. The van der Waals surface area contributed by atoms with Crippen molar-refractivity contribution in [1.82, 2.24) is 10.1 Å². The normalized spacial score (nSPS) is 15.4. The molecule has 0 aliphatic heterocycles. The van der Waals surface area contributed by atoms with E-state index in [1.54, 1.807) is 0 Å². The summed E-state index contributed by atoms with van der Waals surface area (Å²) in [6.07, 6.45) is 3.92. The molecule has 1 saturated carbocycles. The van der Waals surface area contributed by atoms with Crippen molar-refractivity contribution in [3.05, 3.63) is 36.0 Å². The number of hydrogen-bond acceptors (Lipinski definition) is 6. The highest BCUT2D eigenvalue weighted by Crippen LogP contribution is 2.36. The first kappa shape index (κ1) is 17.6. The van der Waals surface area contributed by atoms with Gasteiger partial charge >= 0.3 is 0 Å². The van der Waals surface area contributed by atoms with Crippen LogP contribution in [0.15, 0.2) is 28.8 Å². The zero-order valence-electron chi connectivity index (χ0n) is 13.2. The Labute approximate surface area is 141 Å². The van der Waals surface area contributed by atoms with Crippen LogP contribution in [0.25, 0.3) is 0 Å². The highest BCUT2D eigenvalue weighted by Gasteiger charge is 2.38. The Kier molecular flexibility index (Phi) is 5.85. The van der Waals surface area contributed by atoms with Crippen LogP contribution in [0.1, 0.15) is 44.3 Å². The zero-order valence-corrected chi connectivity index (χ0v) is 14.0. The fraction of sp³-hybridized carbons (Fsp3) is 0.500. The minimum Gasteiger partial charge on any atom is -0.494 e. The minimum atomic E-state index is -0.403. The van der Waals surface area contributed by atoms with E-state index in [0.29, 0.717) is 18.3 Å². The van der Waals surface area contributed by atoms with Gasteiger partial charge in [-0.15, -0.1) is 12.4 Å². The maximum Gasteiger partial charge on any atom is 0.264 e. The molecular weight excluding hydrogens is 318 g/mol. The Morgan fingerprint density at radius 3 is 2.39 bits per heavy atom. The number of benzene rings is 1. The molecule has 0 spiro atoms. The van der Waals surface area contributed by atoms with Crippen molar-refractivity contribution in [3.8, 4) is 11.5 Å². The molecule has 1 aliphatic rings. The quantitative estimate of drug-likeness (QED) is 0.834. The van der Waals surface area contributed by atoms with Crippen molar-refractivity contribution < 1.29 is 14.0 Å². The third kappa shape index (κ3) is 4.14. The zero-order chi connectivity index (χ0) is 15.4. The third-order valence-electron chi connectivity index (χ3n) is 3.82. The van der Waals surface area contributed by atoms with Crippen LogP contribution in [0.3, 0.4) is 0 Å². The smallest absolute Gasteiger partial charge is 0.264 e. The fourth-order valence-electron chi connectivity index (χ4n) is 2.29. The summed E-state index contributed by atoms with van der Waals surface area (Å²) in [5.74, 6) is 2.60. The molecular formula is C16H22ClN3O3. The first-order chi connectivity index (χ1) is 10.7. The molecule has 0 bridgehead atoms. The van der Waals surface area contributed by atoms with Gasteiger partial charge in [0.15, 0.2) is 12.4 Å². The van der Waals surface area contributed by atoms with Crippen molar-refractivity contribution in [2.45, 2.75) is 44.8 Å². The molecule has 1 aromatic heterocycles. The second-order valence-corrected chi connectivity index (χ2v) is 5.63. The molecule has 23 heavy (non-hydrogen) atoms. The monoisotopic (exact) mass is 339 g/mol. The molecule has 0 radical (unpaired) electrons. The summed E-state index contributed by atoms with van der Waals surface area (Å²) >= 11 is 0. The second-order valence-electron chi connectivity index (χ2n) is 5.63. The van der Waals surface area contributed by atoms with Crippen molar-refractivity contribution in [1.29, 1.82) is 0 Å². The maximum atomic E-state index is 6.16. The van der Waals surface area contributed by atoms with Crippen LogP contribution in [0, 0.1) is 0 Å². The van der Waals surface area contributed by atoms with Gasteiger partial charge < -0.3 is 19.7 Å². The Morgan fingerprint density at radius 1 is 1.17 bits per heavy atom. The van der Waals surface area contributed by atoms with Crippen LogP contribution in [0.5, 0.6) is 11.5 Å². The summed E-state index contributed by atoms with van der Waals surface area (Å²) in [5, 5.41) is 3.96. The lowest BCUT2D eigenvalue weighted by Crippen LogP contribution is -2.44. The second kappa shape index (κ2) is 7.66. The lowest BCUT2D eigenvalue weighted by Gasteiger charge is -2.34. The molecule has 1 aromatic carbocycles. The van der Waals surface area contributed by atoms with E-state index in [2.05, 4.69) is 17.1 Å². The van der Waals surface area contributed by atoms with Crippen molar-refractivity contribution >= 4 is 12.4 Å². The molecule has 0 atom stereocenters. The average molecular weight is 340 g/mol. The molecule has 0 unspecified atom stereocenters. The topological polar surface area (TPSA) is 83.4 Å². The number of rotatable bonds is 7. The van der Waals surface area contributed by atoms with Gasteiger partial charge in [0.05, 0.1) is 12.1 Å². The molecule has 0 amide bonds. The number of nitrogens with zero attached hydrogens (tertiary/aromatic N) is 2. The van der Waals surface area contributed by atoms with E-state index in [1.807, 2.05) is 24.3 Å². The number of halogens is 1. The summed E-state index contributed by atoms with van der Waals surface area (Å²) in [6, 6.07) is 7.48. The highest BCUT2D eigenvalue weighted by atomic mass is 35.5. The first-order valence-electron chi connectivity index (χ1n) is 7.67. The molecule has 126 valence electrons. The lowest BCUT2D eigenvalue weighted by molar-refractivity contribution is 0.222. The predicted molar refractivity (Wildman–Crippen MR) is 87.8 cm³/mol. The molecule has 6 nitrogen and oxygen atoms in total. The van der Waals surface area contributed by atoms with Gasteiger partial charge in [0, 0.05) is 0 Å². The number of aromatic nitrogens is 2. The Morgan fingerprint density at radius 2 is 1.83 bits per heavy atom. The molecule has 1 aliphatic carbocycles. The lowest BCUT2D eigenvalue weighted by atomic mass is 9.77. The number of ether oxygens (including phenoxy) is 2. The molecule has 1 fully saturated rings. The number of nitrogens with two attached hydrogens (primary N) is 1. The van der Waals surface area contributed by atoms with Gasteiger partial charge in [-0.2, -0.15) is 4.98 Å². The maximum absolute atomic E-state index is 6.16. The summed E-state index contributed by atoms with van der Waals surface area (Å²) in [6.45, 7) is 3.02. The average Bonchev–Trinajstić information content (AvgIpc) is 2.99. The van der Waals surface area contributed by atoms with Crippen LogP contribution < -0.4 is 15.2 Å². The van der Waals surface area contributed by atoms with Crippen LogP contribution in [0.4, 0.5) is 0 Å². The van der Waals surface area contributed by atoms with Crippen molar-refractivity contribution in [2.24, 2.45) is 5.73 Å². The molecule has 7 heteroatoms. The van der Waals surface area contributed by atoms with Gasteiger partial charge in [0.1, 0.15) is 11.5 Å².